The Morgan fingerprint density at radius 3 is 2.28 bits per heavy atom. The molecule has 36 heavy (non-hydrogen) atoms. The van der Waals surface area contributed by atoms with E-state index in [-0.39, 0.29) is 0 Å². The number of fused-ring (bicyclic) bond motifs is 1. The topological polar surface area (TPSA) is 103 Å². The Kier molecular flexibility index (Phi) is 6.07. The van der Waals surface area contributed by atoms with Crippen LogP contribution in [-0.4, -0.2) is 70.8 Å². The molecule has 2 aliphatic heterocycles. The van der Waals surface area contributed by atoms with Crippen LogP contribution >= 0.6 is 0 Å². The van der Waals surface area contributed by atoms with Crippen molar-refractivity contribution in [3.63, 3.8) is 0 Å². The lowest BCUT2D eigenvalue weighted by Gasteiger charge is -2.42. The minimum atomic E-state index is 0.306. The van der Waals surface area contributed by atoms with Crippen LogP contribution in [-0.2, 0) is 0 Å². The highest BCUT2D eigenvalue weighted by molar-refractivity contribution is 6.16. The van der Waals surface area contributed by atoms with E-state index in [2.05, 4.69) is 32.1 Å². The molecule has 186 valence electrons. The third kappa shape index (κ3) is 4.54. The quantitative estimate of drug-likeness (QED) is 0.440. The molecule has 8 nitrogen and oxygen atoms in total. The van der Waals surface area contributed by atoms with Gasteiger partial charge in [-0.2, -0.15) is 0 Å². The predicted octanol–water partition coefficient (Wildman–Crippen LogP) is 3.70. The fraction of sp³-hybridized carbons (Fsp3) is 0.393. The van der Waals surface area contributed by atoms with Gasteiger partial charge in [-0.05, 0) is 68.1 Å². The first-order valence-electron chi connectivity index (χ1n) is 12.8. The van der Waals surface area contributed by atoms with Crippen molar-refractivity contribution in [2.75, 3.05) is 44.3 Å². The first kappa shape index (κ1) is 22.9. The zero-order valence-corrected chi connectivity index (χ0v) is 20.6. The highest BCUT2D eigenvalue weighted by Gasteiger charge is 2.44. The smallest absolute Gasteiger partial charge is 0.141 e. The van der Waals surface area contributed by atoms with Gasteiger partial charge in [-0.3, -0.25) is 10.3 Å². The second-order valence-corrected chi connectivity index (χ2v) is 10.5. The van der Waals surface area contributed by atoms with Gasteiger partial charge >= 0.3 is 0 Å². The number of para-hydroxylation sites is 1. The summed E-state index contributed by atoms with van der Waals surface area (Å²) in [4.78, 5) is 13.8. The van der Waals surface area contributed by atoms with Gasteiger partial charge in [-0.1, -0.05) is 18.2 Å². The summed E-state index contributed by atoms with van der Waals surface area (Å²) in [6.07, 6.45) is 3.74. The average molecular weight is 484 g/mol. The summed E-state index contributed by atoms with van der Waals surface area (Å²) in [5.41, 5.74) is 7.88. The molecule has 6 rings (SSSR count). The Balaban J connectivity index is 1.13. The molecule has 0 spiro atoms. The van der Waals surface area contributed by atoms with E-state index < -0.39 is 0 Å². The molecular weight excluding hydrogens is 450 g/mol. The molecule has 1 aromatic heterocycles. The second kappa shape index (κ2) is 9.52. The minimum absolute atomic E-state index is 0.306. The van der Waals surface area contributed by atoms with Crippen molar-refractivity contribution in [2.24, 2.45) is 11.8 Å². The Morgan fingerprint density at radius 2 is 1.61 bits per heavy atom. The summed E-state index contributed by atoms with van der Waals surface area (Å²) in [5.74, 6) is 3.92. The summed E-state index contributed by atoms with van der Waals surface area (Å²) in [6.45, 7) is 4.80. The van der Waals surface area contributed by atoms with E-state index >= 15 is 0 Å². The number of benzene rings is 2. The summed E-state index contributed by atoms with van der Waals surface area (Å²) >= 11 is 0. The van der Waals surface area contributed by atoms with Crippen LogP contribution in [0.25, 0.3) is 0 Å². The third-order valence-electron chi connectivity index (χ3n) is 7.93. The van der Waals surface area contributed by atoms with Crippen molar-refractivity contribution in [1.29, 1.82) is 5.41 Å². The molecule has 3 fully saturated rings. The van der Waals surface area contributed by atoms with E-state index in [1.54, 1.807) is 0 Å². The number of hydrogen-bond acceptors (Lipinski definition) is 8. The Morgan fingerprint density at radius 1 is 0.944 bits per heavy atom. The largest absolute Gasteiger partial charge is 0.457 e. The molecular formula is C28H33N7O. The van der Waals surface area contributed by atoms with Gasteiger partial charge in [0, 0.05) is 43.8 Å². The zero-order valence-electron chi connectivity index (χ0n) is 20.6. The van der Waals surface area contributed by atoms with Gasteiger partial charge in [0.15, 0.2) is 0 Å². The van der Waals surface area contributed by atoms with Crippen LogP contribution in [0, 0.1) is 17.2 Å². The molecule has 8 heteroatoms. The number of nitrogens with two attached hydrogens (primary N) is 1. The van der Waals surface area contributed by atoms with Crippen LogP contribution in [0.4, 0.5) is 11.6 Å². The number of nitrogen functional groups attached to an aromatic ring is 1. The highest BCUT2D eigenvalue weighted by Crippen LogP contribution is 2.41. The first-order chi connectivity index (χ1) is 17.5. The van der Waals surface area contributed by atoms with E-state index in [9.17, 15) is 0 Å². The summed E-state index contributed by atoms with van der Waals surface area (Å²) in [6, 6.07) is 18.2. The monoisotopic (exact) mass is 483 g/mol. The normalized spacial score (nSPS) is 24.3. The number of hydrogen-bond donors (Lipinski definition) is 3. The predicted molar refractivity (Wildman–Crippen MR) is 142 cm³/mol. The van der Waals surface area contributed by atoms with Gasteiger partial charge in [0.2, 0.25) is 0 Å². The van der Waals surface area contributed by atoms with Crippen molar-refractivity contribution in [3.8, 4) is 11.5 Å². The maximum absolute atomic E-state index is 8.91. The lowest BCUT2D eigenvalue weighted by Crippen LogP contribution is -2.57. The fourth-order valence-electron chi connectivity index (χ4n) is 6.06. The molecule has 3 aliphatic rings. The third-order valence-corrected chi connectivity index (χ3v) is 7.93. The molecule has 2 saturated heterocycles. The van der Waals surface area contributed by atoms with E-state index in [4.69, 9.17) is 15.9 Å². The number of aromatic nitrogens is 2. The van der Waals surface area contributed by atoms with Crippen molar-refractivity contribution in [3.05, 3.63) is 72.1 Å². The van der Waals surface area contributed by atoms with Crippen molar-refractivity contribution >= 4 is 17.3 Å². The van der Waals surface area contributed by atoms with E-state index in [1.165, 1.54) is 32.5 Å². The van der Waals surface area contributed by atoms with Crippen LogP contribution < -0.4 is 15.8 Å². The van der Waals surface area contributed by atoms with Crippen molar-refractivity contribution in [2.45, 2.75) is 24.9 Å². The van der Waals surface area contributed by atoms with Gasteiger partial charge in [0.1, 0.15) is 29.5 Å². The van der Waals surface area contributed by atoms with E-state index in [1.807, 2.05) is 54.6 Å². The van der Waals surface area contributed by atoms with Gasteiger partial charge in [-0.15, -0.1) is 0 Å². The summed E-state index contributed by atoms with van der Waals surface area (Å²) in [5, 5.41) is 12.5. The van der Waals surface area contributed by atoms with E-state index in [0.717, 1.165) is 42.0 Å². The van der Waals surface area contributed by atoms with Crippen LogP contribution in [0.15, 0.2) is 60.9 Å². The molecule has 0 radical (unpaired) electrons. The number of rotatable bonds is 7. The molecule has 2 aromatic carbocycles. The number of ether oxygens (including phenoxy) is 1. The highest BCUT2D eigenvalue weighted by atomic mass is 16.5. The first-order valence-corrected chi connectivity index (χ1v) is 12.8. The molecule has 3 aromatic rings. The van der Waals surface area contributed by atoms with Crippen molar-refractivity contribution in [1.82, 2.24) is 19.8 Å². The van der Waals surface area contributed by atoms with Gasteiger partial charge in [0.05, 0.1) is 11.3 Å². The fourth-order valence-corrected chi connectivity index (χ4v) is 6.06. The lowest BCUT2D eigenvalue weighted by molar-refractivity contribution is 0.0634. The Bertz CT molecular complexity index is 1210. The standard InChI is InChI=1S/C28H33N7O/c1-34-15-22(16-34)35-13-19-11-21(12-20(19)14-35)33-28-25(27(30)31-17-32-28)26(29)18-7-9-24(10-8-18)36-23-5-3-2-4-6-23/h2-10,17,19-22,29H,11-16H2,1H3,(H3,30,31,32,33). The molecule has 1 aliphatic carbocycles. The lowest BCUT2D eigenvalue weighted by atomic mass is 10.0. The number of nitrogens with one attached hydrogen (secondary N) is 2. The number of likely N-dealkylation sites (tertiary alicyclic amines) is 2. The molecule has 2 atom stereocenters. The summed E-state index contributed by atoms with van der Waals surface area (Å²) < 4.78 is 5.89. The zero-order chi connectivity index (χ0) is 24.6. The molecule has 0 amide bonds. The Labute approximate surface area is 212 Å². The average Bonchev–Trinajstić information content (AvgIpc) is 3.41. The van der Waals surface area contributed by atoms with E-state index in [0.29, 0.717) is 34.7 Å². The molecule has 3 heterocycles. The summed E-state index contributed by atoms with van der Waals surface area (Å²) in [7, 11) is 2.20. The molecule has 0 bridgehead atoms. The number of likely N-dealkylation sites (N-methyl/N-ethyl adjacent to an activating group) is 1. The molecule has 1 saturated carbocycles. The number of nitrogens with zero attached hydrogens (tertiary/aromatic N) is 4. The van der Waals surface area contributed by atoms with Gasteiger partial charge in [-0.25, -0.2) is 9.97 Å². The number of anilines is 2. The second-order valence-electron chi connectivity index (χ2n) is 10.5. The maximum atomic E-state index is 8.91. The van der Waals surface area contributed by atoms with Crippen LogP contribution in [0.2, 0.25) is 0 Å². The van der Waals surface area contributed by atoms with Gasteiger partial charge < -0.3 is 20.7 Å². The van der Waals surface area contributed by atoms with Gasteiger partial charge in [0.25, 0.3) is 0 Å². The Hall–Kier alpha value is -3.49. The van der Waals surface area contributed by atoms with Crippen LogP contribution in [0.5, 0.6) is 11.5 Å². The van der Waals surface area contributed by atoms with Crippen molar-refractivity contribution < 1.29 is 4.74 Å². The van der Waals surface area contributed by atoms with Crippen LogP contribution in [0.3, 0.4) is 0 Å². The van der Waals surface area contributed by atoms with Crippen LogP contribution in [0.1, 0.15) is 24.0 Å². The maximum Gasteiger partial charge on any atom is 0.141 e. The molecule has 4 N–H and O–H groups in total. The molecule has 2 unspecified atom stereocenters. The SMILES string of the molecule is CN1CC(N2CC3CC(Nc4ncnc(N)c4C(=N)c4ccc(Oc5ccccc5)cc4)CC3C2)C1. The minimum Gasteiger partial charge on any atom is -0.457 e.